The van der Waals surface area contributed by atoms with Crippen molar-refractivity contribution in [2.24, 2.45) is 0 Å². The molecule has 0 radical (unpaired) electrons. The lowest BCUT2D eigenvalue weighted by atomic mass is 9.96. The van der Waals surface area contributed by atoms with E-state index >= 15 is 0 Å². The number of methoxy groups -OCH3 is 1. The van der Waals surface area contributed by atoms with Crippen molar-refractivity contribution < 1.29 is 52.1 Å². The van der Waals surface area contributed by atoms with E-state index in [9.17, 15) is 4.79 Å². The molecule has 0 N–H and O–H groups in total. The Morgan fingerprint density at radius 1 is 0.532 bits per heavy atom. The van der Waals surface area contributed by atoms with Crippen molar-refractivity contribution in [2.75, 3.05) is 20.3 Å². The van der Waals surface area contributed by atoms with Crippen LogP contribution in [0.1, 0.15) is 27.8 Å². The zero-order valence-electron chi connectivity index (χ0n) is 35.1. The van der Waals surface area contributed by atoms with E-state index in [1.165, 1.54) is 7.11 Å². The highest BCUT2D eigenvalue weighted by molar-refractivity contribution is 7.60. The number of hydrogen-bond acceptors (Lipinski definition) is 11. The third-order valence-corrected chi connectivity index (χ3v) is 10.4. The molecule has 7 rings (SSSR count). The van der Waals surface area contributed by atoms with Crippen LogP contribution < -0.4 is 0 Å². The summed E-state index contributed by atoms with van der Waals surface area (Å²) in [4.78, 5) is 14.7. The average molecular weight is 861 g/mol. The van der Waals surface area contributed by atoms with Gasteiger partial charge in [0.1, 0.15) is 37.6 Å². The van der Waals surface area contributed by atoms with Gasteiger partial charge in [0.05, 0.1) is 33.0 Å². The molecule has 1 fully saturated rings. The highest BCUT2D eigenvalue weighted by Crippen LogP contribution is 2.36. The smallest absolute Gasteiger partial charge is 0.312 e. The maximum Gasteiger partial charge on any atom is 0.312 e. The van der Waals surface area contributed by atoms with Gasteiger partial charge >= 0.3 is 6.64 Å². The molecule has 324 valence electrons. The minimum absolute atomic E-state index is 0.0687. The highest BCUT2D eigenvalue weighted by Gasteiger charge is 2.51. The highest BCUT2D eigenvalue weighted by atomic mass is 31.0. The Kier molecular flexibility index (Phi) is 17.3. The Balaban J connectivity index is 1.23. The van der Waals surface area contributed by atoms with Crippen LogP contribution in [0.3, 0.4) is 0 Å². The Bertz CT molecular complexity index is 2100. The largest absolute Gasteiger partial charge is 0.487 e. The molecule has 2 aliphatic heterocycles. The van der Waals surface area contributed by atoms with Crippen molar-refractivity contribution in [1.82, 2.24) is 0 Å². The summed E-state index contributed by atoms with van der Waals surface area (Å²) in [5.41, 5.74) is 4.75. The molecule has 13 heteroatoms. The number of benzene rings is 5. The second-order valence-corrected chi connectivity index (χ2v) is 15.9. The Morgan fingerprint density at radius 2 is 0.952 bits per heavy atom. The molecule has 2 heterocycles. The Labute approximate surface area is 366 Å². The fraction of sp³-hybridized carbons (Fsp3) is 0.327. The lowest BCUT2D eigenvalue weighted by Gasteiger charge is -2.43. The zero-order valence-corrected chi connectivity index (χ0v) is 36.2. The maximum absolute atomic E-state index is 14.7. The Morgan fingerprint density at radius 3 is 1.40 bits per heavy atom. The predicted octanol–water partition coefficient (Wildman–Crippen LogP) is 8.08. The molecule has 11 nitrogen and oxygen atoms in total. The first-order valence-corrected chi connectivity index (χ1v) is 21.5. The van der Waals surface area contributed by atoms with Crippen molar-refractivity contribution >= 4 is 21.5 Å². The monoisotopic (exact) mass is 860 g/mol. The molecule has 62 heavy (non-hydrogen) atoms. The number of ketones is 1. The molecule has 0 saturated carbocycles. The van der Waals surface area contributed by atoms with Crippen molar-refractivity contribution in [3.63, 3.8) is 0 Å². The lowest BCUT2D eigenvalue weighted by molar-refractivity contribution is -0.298. The molecule has 4 unspecified atom stereocenters. The summed E-state index contributed by atoms with van der Waals surface area (Å²) in [7, 11) is 4.04. The molecule has 0 aliphatic carbocycles. The number of Topliss-reactive ketones (excluding diaryl/α,β-unsaturated/α-hetero) is 1. The van der Waals surface area contributed by atoms with Crippen LogP contribution in [0.25, 0.3) is 0 Å². The average Bonchev–Trinajstić information content (AvgIpc) is 3.31. The molecule has 0 aromatic heterocycles. The molecule has 0 bridgehead atoms. The van der Waals surface area contributed by atoms with Crippen LogP contribution in [0.2, 0.25) is 6.82 Å². The summed E-state index contributed by atoms with van der Waals surface area (Å²) in [6.07, 6.45) is -7.24. The summed E-state index contributed by atoms with van der Waals surface area (Å²) in [5.74, 6) is 0.153. The van der Waals surface area contributed by atoms with E-state index in [4.69, 9.17) is 47.3 Å². The van der Waals surface area contributed by atoms with Gasteiger partial charge in [-0.1, -0.05) is 158 Å². The van der Waals surface area contributed by atoms with Crippen LogP contribution in [0.15, 0.2) is 163 Å². The molecule has 5 aromatic rings. The van der Waals surface area contributed by atoms with Crippen molar-refractivity contribution in [2.45, 2.75) is 83.0 Å². The minimum atomic E-state index is -1.32. The third kappa shape index (κ3) is 12.9. The normalized spacial score (nSPS) is 22.6. The summed E-state index contributed by atoms with van der Waals surface area (Å²) in [5, 5.41) is 0. The molecular formula is C49H54BO11P. The van der Waals surface area contributed by atoms with Crippen LogP contribution in [-0.4, -0.2) is 75.8 Å². The number of rotatable bonds is 22. The fourth-order valence-corrected chi connectivity index (χ4v) is 7.30. The quantitative estimate of drug-likeness (QED) is 0.0498. The van der Waals surface area contributed by atoms with Gasteiger partial charge in [0, 0.05) is 7.11 Å². The van der Waals surface area contributed by atoms with Crippen molar-refractivity contribution in [3.8, 4) is 0 Å². The topological polar surface area (TPSA) is 109 Å². The summed E-state index contributed by atoms with van der Waals surface area (Å²) in [6.45, 7) is 2.78. The number of hydrogen-bond donors (Lipinski definition) is 0. The van der Waals surface area contributed by atoms with E-state index in [1.54, 1.807) is 0 Å². The third-order valence-electron chi connectivity index (χ3n) is 10.2. The van der Waals surface area contributed by atoms with Crippen molar-refractivity contribution in [1.29, 1.82) is 0 Å². The van der Waals surface area contributed by atoms with E-state index in [1.807, 2.05) is 158 Å². The van der Waals surface area contributed by atoms with Gasteiger partial charge in [-0.3, -0.25) is 4.79 Å². The molecule has 2 aliphatic rings. The van der Waals surface area contributed by atoms with Crippen LogP contribution in [0.4, 0.5) is 0 Å². The van der Waals surface area contributed by atoms with Gasteiger partial charge in [-0.15, -0.1) is 9.12 Å². The molecule has 1 saturated heterocycles. The van der Waals surface area contributed by atoms with Gasteiger partial charge < -0.3 is 47.3 Å². The molecule has 8 atom stereocenters. The van der Waals surface area contributed by atoms with E-state index < -0.39 is 55.5 Å². The fourth-order valence-electron chi connectivity index (χ4n) is 7.13. The van der Waals surface area contributed by atoms with Gasteiger partial charge in [-0.25, -0.2) is 0 Å². The molecule has 0 spiro atoms. The lowest BCUT2D eigenvalue weighted by Crippen LogP contribution is -2.60. The van der Waals surface area contributed by atoms with Gasteiger partial charge in [-0.05, 0) is 27.8 Å². The zero-order chi connectivity index (χ0) is 42.9. The Hall–Kier alpha value is -4.72. The van der Waals surface area contributed by atoms with E-state index in [2.05, 4.69) is 9.12 Å². The first-order chi connectivity index (χ1) is 30.4. The van der Waals surface area contributed by atoms with Crippen LogP contribution in [-0.2, 0) is 85.1 Å². The number of ether oxygens (including phenoxy) is 9. The first-order valence-electron chi connectivity index (χ1n) is 20.9. The van der Waals surface area contributed by atoms with E-state index in [0.717, 1.165) is 27.8 Å². The standard InChI is InChI=1S/C49H54BO11P/c1-50(62)61-43-40(33-53-28-35-18-8-3-9-19-35)58-48(52-2)45(42(43)51)60-49-47(57-32-39-26-16-7-17-27-39)46(56-31-38-24-14-6-15-25-38)44(55-30-37-22-12-5-13-23-37)41(59-49)34-54-29-36-20-10-4-11-21-36/h3-27,40-41,43-45,48-49H,28-34,62H2,1-2H3/t40?,41?,43-,44-,45?,48-,49-/m1/s1. The molecular weight excluding hydrogens is 806 g/mol. The number of carbonyl (C=O) groups excluding carboxylic acids is 1. The summed E-state index contributed by atoms with van der Waals surface area (Å²) >= 11 is 0. The second-order valence-electron chi connectivity index (χ2n) is 15.0. The van der Waals surface area contributed by atoms with Gasteiger partial charge in [0.15, 0.2) is 29.7 Å². The van der Waals surface area contributed by atoms with Crippen LogP contribution in [0, 0.1) is 0 Å². The number of carbonyl (C=O) groups is 1. The minimum Gasteiger partial charge on any atom is -0.487 e. The predicted molar refractivity (Wildman–Crippen MR) is 237 cm³/mol. The van der Waals surface area contributed by atoms with Gasteiger partial charge in [-0.2, -0.15) is 0 Å². The van der Waals surface area contributed by atoms with Crippen molar-refractivity contribution in [3.05, 3.63) is 191 Å². The van der Waals surface area contributed by atoms with Crippen LogP contribution in [0.5, 0.6) is 0 Å². The van der Waals surface area contributed by atoms with Gasteiger partial charge in [0.2, 0.25) is 6.29 Å². The molecule has 5 aromatic carbocycles. The van der Waals surface area contributed by atoms with E-state index in [-0.39, 0.29) is 38.8 Å². The molecule has 0 amide bonds. The first kappa shape index (κ1) is 45.3. The van der Waals surface area contributed by atoms with Crippen LogP contribution >= 0.6 is 9.12 Å². The second kappa shape index (κ2) is 23.7. The maximum atomic E-state index is 14.7. The SMILES string of the molecule is CO[C@@H]1OC(COCc2ccccc2)[C@@H](OB(C)P)C(=O)C1O[C@H]1OC(COCc2ccccc2)[C@@H](OCc2ccccc2)C(OCc2ccccc2)=C1OCc1ccccc1. The van der Waals surface area contributed by atoms with E-state index in [0.29, 0.717) is 19.0 Å². The van der Waals surface area contributed by atoms with Gasteiger partial charge in [0.25, 0.3) is 0 Å². The summed E-state index contributed by atoms with van der Waals surface area (Å²) < 4.78 is 64.6. The summed E-state index contributed by atoms with van der Waals surface area (Å²) in [6, 6.07) is 49.0.